The van der Waals surface area contributed by atoms with Crippen molar-refractivity contribution in [1.29, 1.82) is 0 Å². The molecule has 0 aliphatic carbocycles. The summed E-state index contributed by atoms with van der Waals surface area (Å²) in [5.41, 5.74) is 1.78. The van der Waals surface area contributed by atoms with Crippen LogP contribution in [0.5, 0.6) is 5.75 Å². The maximum absolute atomic E-state index is 12.6. The average Bonchev–Trinajstić information content (AvgIpc) is 2.42. The normalized spacial score (nSPS) is 11.3. The molecule has 0 bridgehead atoms. The zero-order valence-corrected chi connectivity index (χ0v) is 15.4. The Bertz CT molecular complexity index is 822. The molecule has 2 rings (SSSR count). The van der Waals surface area contributed by atoms with Crippen molar-refractivity contribution in [1.82, 2.24) is 0 Å². The highest BCUT2D eigenvalue weighted by atomic mass is 79.9. The maximum atomic E-state index is 12.6. The van der Waals surface area contributed by atoms with Gasteiger partial charge in [0.1, 0.15) is 5.75 Å². The smallest absolute Gasteiger partial charge is 0.262 e. The van der Waals surface area contributed by atoms with Crippen LogP contribution in [0.3, 0.4) is 0 Å². The van der Waals surface area contributed by atoms with Crippen molar-refractivity contribution >= 4 is 43.2 Å². The van der Waals surface area contributed by atoms with Crippen molar-refractivity contribution in [2.24, 2.45) is 0 Å². The largest absolute Gasteiger partial charge is 0.495 e. The Hall–Kier alpha value is -1.24. The lowest BCUT2D eigenvalue weighted by Crippen LogP contribution is -2.15. The molecule has 0 saturated heterocycles. The van der Waals surface area contributed by atoms with Crippen LogP contribution in [0.4, 0.5) is 5.69 Å². The minimum atomic E-state index is -3.74. The maximum Gasteiger partial charge on any atom is 0.262 e. The molecule has 0 amide bonds. The van der Waals surface area contributed by atoms with Crippen LogP contribution in [0.15, 0.2) is 39.7 Å². The molecular weight excluding hydrogens is 390 g/mol. The summed E-state index contributed by atoms with van der Waals surface area (Å²) in [5.74, 6) is 0.402. The predicted molar refractivity (Wildman–Crippen MR) is 92.4 cm³/mol. The van der Waals surface area contributed by atoms with E-state index in [1.165, 1.54) is 13.2 Å². The van der Waals surface area contributed by atoms with Crippen molar-refractivity contribution in [2.75, 3.05) is 11.8 Å². The zero-order chi connectivity index (χ0) is 16.5. The second kappa shape index (κ2) is 6.48. The molecule has 0 heterocycles. The molecular formula is C15H15BrClNO3S. The summed E-state index contributed by atoms with van der Waals surface area (Å²) in [6.07, 6.45) is 0. The first-order valence-corrected chi connectivity index (χ1v) is 9.03. The van der Waals surface area contributed by atoms with Gasteiger partial charge >= 0.3 is 0 Å². The molecule has 0 spiro atoms. The van der Waals surface area contributed by atoms with Crippen molar-refractivity contribution < 1.29 is 13.2 Å². The van der Waals surface area contributed by atoms with Crippen LogP contribution in [0, 0.1) is 13.8 Å². The Morgan fingerprint density at radius 2 is 1.82 bits per heavy atom. The lowest BCUT2D eigenvalue weighted by molar-refractivity contribution is 0.417. The summed E-state index contributed by atoms with van der Waals surface area (Å²) in [6, 6.07) is 8.16. The first-order valence-electron chi connectivity index (χ1n) is 6.37. The molecule has 0 radical (unpaired) electrons. The number of ether oxygens (including phenoxy) is 1. The van der Waals surface area contributed by atoms with E-state index in [1.54, 1.807) is 31.2 Å². The summed E-state index contributed by atoms with van der Waals surface area (Å²) in [6.45, 7) is 3.58. The number of aryl methyl sites for hydroxylation is 2. The van der Waals surface area contributed by atoms with Gasteiger partial charge in [-0.3, -0.25) is 4.72 Å². The average molecular weight is 405 g/mol. The number of sulfonamides is 1. The van der Waals surface area contributed by atoms with Gasteiger partial charge in [0.15, 0.2) is 0 Å². The van der Waals surface area contributed by atoms with E-state index in [4.69, 9.17) is 16.3 Å². The van der Waals surface area contributed by atoms with Crippen LogP contribution in [-0.4, -0.2) is 15.5 Å². The van der Waals surface area contributed by atoms with E-state index in [-0.39, 0.29) is 4.90 Å². The quantitative estimate of drug-likeness (QED) is 0.814. The highest BCUT2D eigenvalue weighted by Crippen LogP contribution is 2.31. The van der Waals surface area contributed by atoms with E-state index in [1.807, 2.05) is 6.92 Å². The number of halogens is 2. The van der Waals surface area contributed by atoms with Gasteiger partial charge in [-0.15, -0.1) is 0 Å². The Morgan fingerprint density at radius 3 is 2.45 bits per heavy atom. The summed E-state index contributed by atoms with van der Waals surface area (Å²) < 4.78 is 33.8. The topological polar surface area (TPSA) is 55.4 Å². The lowest BCUT2D eigenvalue weighted by atomic mass is 10.2. The zero-order valence-electron chi connectivity index (χ0n) is 12.3. The Labute approximate surface area is 143 Å². The van der Waals surface area contributed by atoms with Gasteiger partial charge in [0.2, 0.25) is 0 Å². The van der Waals surface area contributed by atoms with E-state index in [0.29, 0.717) is 22.0 Å². The molecule has 2 aromatic carbocycles. The molecule has 4 nitrogen and oxygen atoms in total. The van der Waals surface area contributed by atoms with E-state index in [9.17, 15) is 8.42 Å². The highest BCUT2D eigenvalue weighted by molar-refractivity contribution is 9.10. The number of hydrogen-bond donors (Lipinski definition) is 1. The SMILES string of the molecule is COc1ccc(Cl)cc1NS(=O)(=O)c1cc(C)c(Br)cc1C. The number of hydrogen-bond acceptors (Lipinski definition) is 3. The minimum Gasteiger partial charge on any atom is -0.495 e. The second-order valence-electron chi connectivity index (χ2n) is 4.82. The highest BCUT2D eigenvalue weighted by Gasteiger charge is 2.20. The predicted octanol–water partition coefficient (Wildman–Crippen LogP) is 4.53. The summed E-state index contributed by atoms with van der Waals surface area (Å²) in [4.78, 5) is 0.218. The number of nitrogens with one attached hydrogen (secondary N) is 1. The van der Waals surface area contributed by atoms with Crippen molar-refractivity contribution in [3.63, 3.8) is 0 Å². The fraction of sp³-hybridized carbons (Fsp3) is 0.200. The molecule has 7 heteroatoms. The first-order chi connectivity index (χ1) is 10.2. The van der Waals surface area contributed by atoms with Gasteiger partial charge < -0.3 is 4.74 Å². The van der Waals surface area contributed by atoms with E-state index in [2.05, 4.69) is 20.7 Å². The molecule has 22 heavy (non-hydrogen) atoms. The molecule has 0 aliphatic heterocycles. The van der Waals surface area contributed by atoms with E-state index < -0.39 is 10.0 Å². The molecule has 118 valence electrons. The molecule has 1 N–H and O–H groups in total. The molecule has 0 aromatic heterocycles. The summed E-state index contributed by atoms with van der Waals surface area (Å²) in [7, 11) is -2.27. The lowest BCUT2D eigenvalue weighted by Gasteiger charge is -2.14. The molecule has 0 aliphatic rings. The molecule has 0 fully saturated rings. The van der Waals surface area contributed by atoms with Crippen LogP contribution in [0.1, 0.15) is 11.1 Å². The van der Waals surface area contributed by atoms with Crippen LogP contribution in [0.2, 0.25) is 5.02 Å². The fourth-order valence-corrected chi connectivity index (χ4v) is 4.01. The third kappa shape index (κ3) is 3.56. The molecule has 0 atom stereocenters. The Morgan fingerprint density at radius 1 is 1.14 bits per heavy atom. The number of rotatable bonds is 4. The van der Waals surface area contributed by atoms with Crippen LogP contribution < -0.4 is 9.46 Å². The summed E-state index contributed by atoms with van der Waals surface area (Å²) in [5, 5.41) is 0.419. The van der Waals surface area contributed by atoms with Gasteiger partial charge in [-0.05, 0) is 55.3 Å². The Kier molecular flexibility index (Phi) is 5.04. The van der Waals surface area contributed by atoms with Crippen molar-refractivity contribution in [3.8, 4) is 5.75 Å². The van der Waals surface area contributed by atoms with E-state index >= 15 is 0 Å². The van der Waals surface area contributed by atoms with Gasteiger partial charge in [-0.2, -0.15) is 0 Å². The van der Waals surface area contributed by atoms with Crippen LogP contribution in [0.25, 0.3) is 0 Å². The van der Waals surface area contributed by atoms with Gasteiger partial charge in [0, 0.05) is 9.50 Å². The number of methoxy groups -OCH3 is 1. The van der Waals surface area contributed by atoms with Crippen LogP contribution >= 0.6 is 27.5 Å². The van der Waals surface area contributed by atoms with Crippen molar-refractivity contribution in [3.05, 3.63) is 51.0 Å². The van der Waals surface area contributed by atoms with Crippen LogP contribution in [-0.2, 0) is 10.0 Å². The molecule has 2 aromatic rings. The first kappa shape index (κ1) is 17.1. The summed E-state index contributed by atoms with van der Waals surface area (Å²) >= 11 is 9.32. The van der Waals surface area contributed by atoms with Gasteiger partial charge in [0.05, 0.1) is 17.7 Å². The van der Waals surface area contributed by atoms with E-state index in [0.717, 1.165) is 10.0 Å². The van der Waals surface area contributed by atoms with Gasteiger partial charge in [-0.1, -0.05) is 27.5 Å². The third-order valence-corrected chi connectivity index (χ3v) is 5.75. The standard InChI is InChI=1S/C15H15BrClNO3S/c1-9-7-15(10(2)6-12(9)16)22(19,20)18-13-8-11(17)4-5-14(13)21-3/h4-8,18H,1-3H3. The third-order valence-electron chi connectivity index (χ3n) is 3.15. The fourth-order valence-electron chi connectivity index (χ4n) is 2.00. The van der Waals surface area contributed by atoms with Gasteiger partial charge in [0.25, 0.3) is 10.0 Å². The monoisotopic (exact) mass is 403 g/mol. The molecule has 0 saturated carbocycles. The molecule has 0 unspecified atom stereocenters. The van der Waals surface area contributed by atoms with Crippen molar-refractivity contribution in [2.45, 2.75) is 18.7 Å². The minimum absolute atomic E-state index is 0.218. The number of anilines is 1. The number of benzene rings is 2. The van der Waals surface area contributed by atoms with Gasteiger partial charge in [-0.25, -0.2) is 8.42 Å². The Balaban J connectivity index is 2.49. The second-order valence-corrected chi connectivity index (χ2v) is 7.76.